The van der Waals surface area contributed by atoms with E-state index in [0.717, 1.165) is 5.56 Å². The number of aliphatic imine (C=N–C) groups is 1. The smallest absolute Gasteiger partial charge is 0.335 e. The highest BCUT2D eigenvalue weighted by Crippen LogP contribution is 2.39. The number of aryl methyl sites for hydroxylation is 1. The molecule has 0 aromatic heterocycles. The Morgan fingerprint density at radius 1 is 1.24 bits per heavy atom. The van der Waals surface area contributed by atoms with Crippen LogP contribution in [0.1, 0.15) is 32.7 Å². The maximum absolute atomic E-state index is 12.9. The van der Waals surface area contributed by atoms with Crippen LogP contribution in [0.2, 0.25) is 0 Å². The van der Waals surface area contributed by atoms with Gasteiger partial charge in [0, 0.05) is 24.2 Å². The monoisotopic (exact) mass is 336 g/mol. The molecule has 2 aliphatic rings. The molecule has 2 aromatic rings. The number of Topliss-reactive ketones (excluding diaryl/α,β-unsaturated/α-hetero) is 1. The van der Waals surface area contributed by atoms with Crippen molar-refractivity contribution >= 4 is 29.0 Å². The number of carbonyl (C=O) groups excluding carboxylic acids is 1. The summed E-state index contributed by atoms with van der Waals surface area (Å²) < 4.78 is 0. The van der Waals surface area contributed by atoms with Gasteiger partial charge in [0.15, 0.2) is 5.60 Å². The van der Waals surface area contributed by atoms with E-state index in [2.05, 4.69) is 4.99 Å². The van der Waals surface area contributed by atoms with Crippen molar-refractivity contribution in [3.63, 3.8) is 0 Å². The largest absolute Gasteiger partial charge is 0.478 e. The molecular weight excluding hydrogens is 320 g/mol. The zero-order chi connectivity index (χ0) is 17.8. The Balaban J connectivity index is 1.84. The Labute approximate surface area is 144 Å². The van der Waals surface area contributed by atoms with E-state index in [1.165, 1.54) is 12.1 Å². The fourth-order valence-corrected chi connectivity index (χ4v) is 3.41. The molecule has 0 saturated carbocycles. The van der Waals surface area contributed by atoms with Gasteiger partial charge in [0.05, 0.1) is 11.3 Å². The summed E-state index contributed by atoms with van der Waals surface area (Å²) in [5, 5.41) is 20.2. The van der Waals surface area contributed by atoms with Gasteiger partial charge in [-0.05, 0) is 37.3 Å². The van der Waals surface area contributed by atoms with Crippen LogP contribution in [0.5, 0.6) is 0 Å². The third-order valence-corrected chi connectivity index (χ3v) is 4.73. The molecule has 1 fully saturated rings. The van der Waals surface area contributed by atoms with Crippen LogP contribution in [0.15, 0.2) is 47.5 Å². The first-order valence-corrected chi connectivity index (χ1v) is 7.98. The number of anilines is 1. The Kier molecular flexibility index (Phi) is 3.27. The Bertz CT molecular complexity index is 950. The number of amidine groups is 1. The third kappa shape index (κ3) is 2.26. The molecule has 1 saturated heterocycles. The molecule has 0 bridgehead atoms. The second kappa shape index (κ2) is 5.26. The second-order valence-electron chi connectivity index (χ2n) is 6.40. The maximum atomic E-state index is 12.9. The maximum Gasteiger partial charge on any atom is 0.335 e. The summed E-state index contributed by atoms with van der Waals surface area (Å²) >= 11 is 0. The lowest BCUT2D eigenvalue weighted by molar-refractivity contribution is 0.0602. The quantitative estimate of drug-likeness (QED) is 0.879. The predicted octanol–water partition coefficient (Wildman–Crippen LogP) is 2.56. The van der Waals surface area contributed by atoms with Crippen molar-refractivity contribution in [3.05, 3.63) is 59.2 Å². The summed E-state index contributed by atoms with van der Waals surface area (Å²) in [5.41, 5.74) is 0.951. The Hall–Kier alpha value is -2.99. The van der Waals surface area contributed by atoms with Crippen LogP contribution in [-0.4, -0.2) is 39.9 Å². The van der Waals surface area contributed by atoms with Gasteiger partial charge in [-0.3, -0.25) is 4.79 Å². The van der Waals surface area contributed by atoms with Gasteiger partial charge in [-0.25, -0.2) is 9.79 Å². The number of carboxylic acid groups (broad SMARTS) is 1. The fraction of sp³-hybridized carbons (Fsp3) is 0.211. The fourth-order valence-electron chi connectivity index (χ4n) is 3.41. The molecule has 6 nitrogen and oxygen atoms in total. The van der Waals surface area contributed by atoms with Gasteiger partial charge in [-0.2, -0.15) is 0 Å². The van der Waals surface area contributed by atoms with Crippen LogP contribution in [0.3, 0.4) is 0 Å². The van der Waals surface area contributed by atoms with E-state index in [1.54, 1.807) is 29.2 Å². The summed E-state index contributed by atoms with van der Waals surface area (Å²) in [5.74, 6) is -1.12. The van der Waals surface area contributed by atoms with Gasteiger partial charge in [-0.1, -0.05) is 17.7 Å². The zero-order valence-corrected chi connectivity index (χ0v) is 13.6. The highest BCUT2D eigenvalue weighted by atomic mass is 16.4. The number of hydrogen-bond donors (Lipinski definition) is 2. The minimum Gasteiger partial charge on any atom is -0.478 e. The van der Waals surface area contributed by atoms with Gasteiger partial charge in [0.25, 0.3) is 0 Å². The van der Waals surface area contributed by atoms with Crippen molar-refractivity contribution in [1.29, 1.82) is 0 Å². The first-order valence-electron chi connectivity index (χ1n) is 7.98. The van der Waals surface area contributed by atoms with Crippen molar-refractivity contribution in [2.75, 3.05) is 11.4 Å². The standard InChI is InChI=1S/C19H16N2O4/c1-11-5-6-15-14(9-11)16(22)19(25)7-8-21(18(19)20-15)13-4-2-3-12(10-13)17(23)24/h2-6,9-10,25H,7-8H2,1H3,(H,23,24). The third-order valence-electron chi connectivity index (χ3n) is 4.73. The van der Waals surface area contributed by atoms with Gasteiger partial charge >= 0.3 is 5.97 Å². The number of nitrogens with zero attached hydrogens (tertiary/aromatic N) is 2. The molecule has 4 rings (SSSR count). The molecule has 2 N–H and O–H groups in total. The number of aromatic carboxylic acids is 1. The number of benzene rings is 2. The number of ketones is 1. The molecule has 0 spiro atoms. The zero-order valence-electron chi connectivity index (χ0n) is 13.6. The van der Waals surface area contributed by atoms with Crippen LogP contribution >= 0.6 is 0 Å². The minimum atomic E-state index is -1.67. The van der Waals surface area contributed by atoms with Gasteiger partial charge < -0.3 is 15.1 Å². The van der Waals surface area contributed by atoms with Crippen molar-refractivity contribution in [2.45, 2.75) is 18.9 Å². The molecule has 6 heteroatoms. The number of rotatable bonds is 2. The molecule has 2 aliphatic heterocycles. The second-order valence-corrected chi connectivity index (χ2v) is 6.40. The van der Waals surface area contributed by atoms with Gasteiger partial charge in [0.2, 0.25) is 5.78 Å². The molecule has 1 atom stereocenters. The normalized spacial score (nSPS) is 21.6. The average molecular weight is 336 g/mol. The topological polar surface area (TPSA) is 90.2 Å². The molecule has 0 aliphatic carbocycles. The summed E-state index contributed by atoms with van der Waals surface area (Å²) in [6.07, 6.45) is 0.218. The van der Waals surface area contributed by atoms with E-state index in [-0.39, 0.29) is 23.6 Å². The molecule has 0 radical (unpaired) electrons. The van der Waals surface area contributed by atoms with Crippen LogP contribution in [0.4, 0.5) is 11.4 Å². The van der Waals surface area contributed by atoms with Crippen LogP contribution in [-0.2, 0) is 0 Å². The summed E-state index contributed by atoms with van der Waals surface area (Å²) in [7, 11) is 0. The van der Waals surface area contributed by atoms with Crippen molar-refractivity contribution in [3.8, 4) is 0 Å². The predicted molar refractivity (Wildman–Crippen MR) is 92.9 cm³/mol. The summed E-state index contributed by atoms with van der Waals surface area (Å²) in [6.45, 7) is 2.27. The van der Waals surface area contributed by atoms with Gasteiger partial charge in [0.1, 0.15) is 5.84 Å². The number of carbonyl (C=O) groups is 2. The van der Waals surface area contributed by atoms with Crippen LogP contribution < -0.4 is 4.90 Å². The van der Waals surface area contributed by atoms with E-state index in [1.807, 2.05) is 13.0 Å². The molecule has 25 heavy (non-hydrogen) atoms. The lowest BCUT2D eigenvalue weighted by Gasteiger charge is -2.30. The number of carboxylic acids is 1. The summed E-state index contributed by atoms with van der Waals surface area (Å²) in [4.78, 5) is 30.3. The minimum absolute atomic E-state index is 0.145. The van der Waals surface area contributed by atoms with E-state index in [0.29, 0.717) is 23.5 Å². The lowest BCUT2D eigenvalue weighted by atomic mass is 9.87. The molecule has 2 aromatic carbocycles. The Morgan fingerprint density at radius 3 is 2.80 bits per heavy atom. The number of hydrogen-bond acceptors (Lipinski definition) is 5. The van der Waals surface area contributed by atoms with Crippen LogP contribution in [0.25, 0.3) is 0 Å². The first-order chi connectivity index (χ1) is 11.9. The highest BCUT2D eigenvalue weighted by Gasteiger charge is 2.52. The average Bonchev–Trinajstić information content (AvgIpc) is 2.94. The van der Waals surface area contributed by atoms with E-state index >= 15 is 0 Å². The molecule has 126 valence electrons. The number of fused-ring (bicyclic) bond motifs is 2. The molecule has 0 amide bonds. The molecule has 1 unspecified atom stereocenters. The van der Waals surface area contributed by atoms with Gasteiger partial charge in [-0.15, -0.1) is 0 Å². The lowest BCUT2D eigenvalue weighted by Crippen LogP contribution is -2.48. The summed E-state index contributed by atoms with van der Waals surface area (Å²) in [6, 6.07) is 11.8. The molecule has 2 heterocycles. The highest BCUT2D eigenvalue weighted by molar-refractivity contribution is 6.28. The molecular formula is C19H16N2O4. The van der Waals surface area contributed by atoms with E-state index < -0.39 is 11.6 Å². The van der Waals surface area contributed by atoms with Crippen molar-refractivity contribution in [2.24, 2.45) is 4.99 Å². The SMILES string of the molecule is Cc1ccc2c(c1)C(=O)C1(O)CCN(c3cccc(C(=O)O)c3)C1=N2. The van der Waals surface area contributed by atoms with Crippen molar-refractivity contribution < 1.29 is 19.8 Å². The van der Waals surface area contributed by atoms with E-state index in [4.69, 9.17) is 0 Å². The van der Waals surface area contributed by atoms with Crippen molar-refractivity contribution in [1.82, 2.24) is 0 Å². The number of aliphatic hydroxyl groups is 1. The first kappa shape index (κ1) is 15.5. The Morgan fingerprint density at radius 2 is 2.04 bits per heavy atom. The van der Waals surface area contributed by atoms with Crippen LogP contribution in [0, 0.1) is 6.92 Å². The van der Waals surface area contributed by atoms with E-state index in [9.17, 15) is 19.8 Å².